The van der Waals surface area contributed by atoms with Gasteiger partial charge < -0.3 is 15.8 Å². The molecule has 1 amide bonds. The number of amides is 1. The zero-order valence-electron chi connectivity index (χ0n) is 10.4. The maximum absolute atomic E-state index is 11.8. The summed E-state index contributed by atoms with van der Waals surface area (Å²) in [7, 11) is 0. The fourth-order valence-electron chi connectivity index (χ4n) is 2.56. The van der Waals surface area contributed by atoms with Crippen LogP contribution in [-0.4, -0.2) is 56.2 Å². The summed E-state index contributed by atoms with van der Waals surface area (Å²) >= 11 is 0. The second kappa shape index (κ2) is 6.33. The Morgan fingerprint density at radius 3 is 2.76 bits per heavy atom. The van der Waals surface area contributed by atoms with Crippen molar-refractivity contribution in [1.82, 2.24) is 10.2 Å². The highest BCUT2D eigenvalue weighted by Gasteiger charge is 2.27. The van der Waals surface area contributed by atoms with Crippen LogP contribution in [0.15, 0.2) is 0 Å². The molecule has 2 atom stereocenters. The number of nitrogens with two attached hydrogens (primary N) is 1. The lowest BCUT2D eigenvalue weighted by molar-refractivity contribution is -0.124. The molecule has 0 aromatic heterocycles. The summed E-state index contributed by atoms with van der Waals surface area (Å²) in [6.07, 6.45) is 2.79. The van der Waals surface area contributed by atoms with Crippen molar-refractivity contribution in [2.24, 2.45) is 11.7 Å². The zero-order chi connectivity index (χ0) is 12.1. The predicted octanol–water partition coefficient (Wildman–Crippen LogP) is -0.438. The molecule has 98 valence electrons. The van der Waals surface area contributed by atoms with E-state index in [9.17, 15) is 4.79 Å². The smallest absolute Gasteiger partial charge is 0.223 e. The quantitative estimate of drug-likeness (QED) is 0.700. The van der Waals surface area contributed by atoms with Crippen LogP contribution in [0.25, 0.3) is 0 Å². The van der Waals surface area contributed by atoms with Crippen molar-refractivity contribution in [3.63, 3.8) is 0 Å². The maximum atomic E-state index is 11.8. The van der Waals surface area contributed by atoms with E-state index < -0.39 is 0 Å². The Balaban J connectivity index is 1.59. The lowest BCUT2D eigenvalue weighted by Crippen LogP contribution is -2.42. The van der Waals surface area contributed by atoms with Gasteiger partial charge in [-0.05, 0) is 19.3 Å². The van der Waals surface area contributed by atoms with E-state index >= 15 is 0 Å². The Kier molecular flexibility index (Phi) is 4.76. The molecule has 0 spiro atoms. The number of hydrogen-bond acceptors (Lipinski definition) is 4. The minimum Gasteiger partial charge on any atom is -0.379 e. The first-order chi connectivity index (χ1) is 8.25. The second-order valence-corrected chi connectivity index (χ2v) is 5.02. The number of carbonyl (C=O) groups is 1. The zero-order valence-corrected chi connectivity index (χ0v) is 10.4. The first-order valence-electron chi connectivity index (χ1n) is 6.59. The van der Waals surface area contributed by atoms with Crippen LogP contribution in [0.4, 0.5) is 0 Å². The van der Waals surface area contributed by atoms with Gasteiger partial charge in [-0.15, -0.1) is 0 Å². The van der Waals surface area contributed by atoms with Crippen molar-refractivity contribution in [3.05, 3.63) is 0 Å². The van der Waals surface area contributed by atoms with E-state index in [-0.39, 0.29) is 17.9 Å². The summed E-state index contributed by atoms with van der Waals surface area (Å²) in [5.74, 6) is 0.334. The molecule has 1 saturated heterocycles. The average Bonchev–Trinajstić information content (AvgIpc) is 2.77. The topological polar surface area (TPSA) is 67.6 Å². The molecule has 5 heteroatoms. The van der Waals surface area contributed by atoms with Gasteiger partial charge in [-0.1, -0.05) is 0 Å². The molecular weight excluding hydrogens is 218 g/mol. The molecule has 0 bridgehead atoms. The molecule has 0 aromatic rings. The van der Waals surface area contributed by atoms with Crippen molar-refractivity contribution in [3.8, 4) is 0 Å². The average molecular weight is 241 g/mol. The molecule has 1 saturated carbocycles. The molecule has 2 rings (SSSR count). The van der Waals surface area contributed by atoms with Crippen LogP contribution in [0.2, 0.25) is 0 Å². The van der Waals surface area contributed by atoms with Crippen molar-refractivity contribution in [2.75, 3.05) is 39.4 Å². The van der Waals surface area contributed by atoms with Gasteiger partial charge in [0.1, 0.15) is 0 Å². The highest BCUT2D eigenvalue weighted by molar-refractivity contribution is 5.78. The SMILES string of the molecule is NC1CCC(C(=O)NCCN2CCOCC2)C1. The van der Waals surface area contributed by atoms with Gasteiger partial charge in [0.15, 0.2) is 0 Å². The van der Waals surface area contributed by atoms with Crippen LogP contribution in [0.1, 0.15) is 19.3 Å². The van der Waals surface area contributed by atoms with Gasteiger partial charge in [0, 0.05) is 38.1 Å². The van der Waals surface area contributed by atoms with E-state index in [4.69, 9.17) is 10.5 Å². The summed E-state index contributed by atoms with van der Waals surface area (Å²) in [4.78, 5) is 14.1. The van der Waals surface area contributed by atoms with Crippen LogP contribution in [0.3, 0.4) is 0 Å². The Morgan fingerprint density at radius 2 is 2.12 bits per heavy atom. The largest absolute Gasteiger partial charge is 0.379 e. The van der Waals surface area contributed by atoms with Crippen molar-refractivity contribution in [2.45, 2.75) is 25.3 Å². The van der Waals surface area contributed by atoms with Crippen molar-refractivity contribution < 1.29 is 9.53 Å². The van der Waals surface area contributed by atoms with Gasteiger partial charge >= 0.3 is 0 Å². The molecule has 5 nitrogen and oxygen atoms in total. The van der Waals surface area contributed by atoms with E-state index in [1.807, 2.05) is 0 Å². The van der Waals surface area contributed by atoms with E-state index in [0.717, 1.165) is 58.7 Å². The number of hydrogen-bond donors (Lipinski definition) is 2. The molecule has 0 aromatic carbocycles. The van der Waals surface area contributed by atoms with Gasteiger partial charge in [0.2, 0.25) is 5.91 Å². The van der Waals surface area contributed by atoms with Crippen LogP contribution in [0, 0.1) is 5.92 Å². The van der Waals surface area contributed by atoms with E-state index in [1.54, 1.807) is 0 Å². The monoisotopic (exact) mass is 241 g/mol. The minimum absolute atomic E-state index is 0.148. The number of rotatable bonds is 4. The normalized spacial score (nSPS) is 30.4. The minimum atomic E-state index is 0.148. The highest BCUT2D eigenvalue weighted by Crippen LogP contribution is 2.23. The molecule has 2 unspecified atom stereocenters. The van der Waals surface area contributed by atoms with Gasteiger partial charge in [-0.2, -0.15) is 0 Å². The third-order valence-corrected chi connectivity index (χ3v) is 3.67. The lowest BCUT2D eigenvalue weighted by atomic mass is 10.1. The molecule has 1 aliphatic carbocycles. The van der Waals surface area contributed by atoms with E-state index in [1.165, 1.54) is 0 Å². The molecular formula is C12H23N3O2. The number of carbonyl (C=O) groups excluding carboxylic acids is 1. The molecule has 2 aliphatic rings. The second-order valence-electron chi connectivity index (χ2n) is 5.02. The van der Waals surface area contributed by atoms with E-state index in [0.29, 0.717) is 0 Å². The van der Waals surface area contributed by atoms with Crippen LogP contribution < -0.4 is 11.1 Å². The van der Waals surface area contributed by atoms with Crippen molar-refractivity contribution in [1.29, 1.82) is 0 Å². The molecule has 1 aliphatic heterocycles. The summed E-state index contributed by atoms with van der Waals surface area (Å²) in [6, 6.07) is 0.227. The molecule has 0 radical (unpaired) electrons. The van der Waals surface area contributed by atoms with Crippen LogP contribution in [0.5, 0.6) is 0 Å². The summed E-state index contributed by atoms with van der Waals surface area (Å²) < 4.78 is 5.28. The van der Waals surface area contributed by atoms with Crippen LogP contribution >= 0.6 is 0 Å². The third-order valence-electron chi connectivity index (χ3n) is 3.67. The van der Waals surface area contributed by atoms with Gasteiger partial charge in [-0.3, -0.25) is 9.69 Å². The van der Waals surface area contributed by atoms with Crippen molar-refractivity contribution >= 4 is 5.91 Å². The Morgan fingerprint density at radius 1 is 1.35 bits per heavy atom. The predicted molar refractivity (Wildman–Crippen MR) is 65.6 cm³/mol. The lowest BCUT2D eigenvalue weighted by Gasteiger charge is -2.26. The Labute approximate surface area is 103 Å². The van der Waals surface area contributed by atoms with Gasteiger partial charge in [-0.25, -0.2) is 0 Å². The third kappa shape index (κ3) is 3.94. The molecule has 2 fully saturated rings. The van der Waals surface area contributed by atoms with Gasteiger partial charge in [0.05, 0.1) is 13.2 Å². The highest BCUT2D eigenvalue weighted by atomic mass is 16.5. The number of nitrogens with zero attached hydrogens (tertiary/aromatic N) is 1. The number of nitrogens with one attached hydrogen (secondary N) is 1. The number of morpholine rings is 1. The fourth-order valence-corrected chi connectivity index (χ4v) is 2.56. The Bertz CT molecular complexity index is 254. The molecule has 3 N–H and O–H groups in total. The number of ether oxygens (including phenoxy) is 1. The first kappa shape index (κ1) is 12.8. The fraction of sp³-hybridized carbons (Fsp3) is 0.917. The van der Waals surface area contributed by atoms with Crippen LogP contribution in [-0.2, 0) is 9.53 Å². The standard InChI is InChI=1S/C12H23N3O2/c13-11-2-1-10(9-11)12(16)14-3-4-15-5-7-17-8-6-15/h10-11H,1-9,13H2,(H,14,16). The molecule has 1 heterocycles. The first-order valence-corrected chi connectivity index (χ1v) is 6.59. The molecule has 17 heavy (non-hydrogen) atoms. The van der Waals surface area contributed by atoms with E-state index in [2.05, 4.69) is 10.2 Å². The summed E-state index contributed by atoms with van der Waals surface area (Å²) in [5, 5.41) is 3.02. The maximum Gasteiger partial charge on any atom is 0.223 e. The Hall–Kier alpha value is -0.650. The van der Waals surface area contributed by atoms with Gasteiger partial charge in [0.25, 0.3) is 0 Å². The summed E-state index contributed by atoms with van der Waals surface area (Å²) in [5.41, 5.74) is 5.81. The summed E-state index contributed by atoms with van der Waals surface area (Å²) in [6.45, 7) is 5.24.